The summed E-state index contributed by atoms with van der Waals surface area (Å²) in [5, 5.41) is 0. The molecule has 56 valence electrons. The van der Waals surface area contributed by atoms with E-state index in [2.05, 4.69) is 0 Å². The monoisotopic (exact) mass is 152 g/mol. The second-order valence-corrected chi connectivity index (χ2v) is 3.94. The Labute approximate surface area is 55.6 Å². The van der Waals surface area contributed by atoms with E-state index in [9.17, 15) is 4.57 Å². The molecule has 0 amide bonds. The van der Waals surface area contributed by atoms with Crippen LogP contribution in [0.15, 0.2) is 0 Å². The first-order chi connectivity index (χ1) is 3.95. The van der Waals surface area contributed by atoms with Crippen molar-refractivity contribution < 1.29 is 14.0 Å². The van der Waals surface area contributed by atoms with Gasteiger partial charge in [-0.3, -0.25) is 4.57 Å². The minimum Gasteiger partial charge on any atom is -0.324 e. The minimum absolute atomic E-state index is 0.120. The first kappa shape index (κ1) is 9.15. The minimum atomic E-state index is -3.24. The Morgan fingerprint density at radius 2 is 2.22 bits per heavy atom. The Morgan fingerprint density at radius 3 is 2.33 bits per heavy atom. The van der Waals surface area contributed by atoms with Crippen LogP contribution < -0.4 is 0 Å². The molecule has 4 heteroatoms. The van der Waals surface area contributed by atoms with Crippen LogP contribution in [0.5, 0.6) is 0 Å². The number of hydrogen-bond acceptors (Lipinski definition) is 2. The van der Waals surface area contributed by atoms with Gasteiger partial charge in [0.1, 0.15) is 0 Å². The molecule has 0 aliphatic rings. The van der Waals surface area contributed by atoms with Gasteiger partial charge >= 0.3 is 7.60 Å². The molecule has 0 bridgehead atoms. The van der Waals surface area contributed by atoms with E-state index >= 15 is 0 Å². The molecule has 0 aromatic carbocycles. The third-order valence-electron chi connectivity index (χ3n) is 0.950. The Balaban J connectivity index is 3.60. The Hall–Kier alpha value is 0.150. The van der Waals surface area contributed by atoms with Crippen LogP contribution in [0.2, 0.25) is 0 Å². The predicted molar refractivity (Wildman–Crippen MR) is 36.6 cm³/mol. The highest BCUT2D eigenvalue weighted by Gasteiger charge is 2.13. The first-order valence-corrected chi connectivity index (χ1v) is 4.97. The summed E-state index contributed by atoms with van der Waals surface area (Å²) in [6.07, 6.45) is 0.643. The lowest BCUT2D eigenvalue weighted by Crippen LogP contribution is -2.02. The van der Waals surface area contributed by atoms with Gasteiger partial charge in [0.2, 0.25) is 0 Å². The smallest absolute Gasteiger partial charge is 0.324 e. The molecule has 0 spiro atoms. The van der Waals surface area contributed by atoms with Gasteiger partial charge in [-0.15, -0.1) is 0 Å². The maximum absolute atomic E-state index is 10.5. The maximum Gasteiger partial charge on any atom is 0.325 e. The summed E-state index contributed by atoms with van der Waals surface area (Å²) in [4.78, 5) is 8.65. The van der Waals surface area contributed by atoms with E-state index < -0.39 is 7.60 Å². The van der Waals surface area contributed by atoms with Crippen molar-refractivity contribution in [2.45, 2.75) is 26.4 Å². The highest BCUT2D eigenvalue weighted by atomic mass is 31.2. The summed E-state index contributed by atoms with van der Waals surface area (Å²) in [6.45, 7) is 4.87. The van der Waals surface area contributed by atoms with Gasteiger partial charge in [0.05, 0.1) is 6.10 Å². The molecular weight excluding hydrogens is 139 g/mol. The SMILES string of the molecule is CCC(C)OP(C)(=O)O. The molecule has 0 saturated heterocycles. The van der Waals surface area contributed by atoms with E-state index in [1.165, 1.54) is 6.66 Å². The molecule has 9 heavy (non-hydrogen) atoms. The molecule has 0 radical (unpaired) electrons. The summed E-state index contributed by atoms with van der Waals surface area (Å²) in [7, 11) is -3.24. The predicted octanol–water partition coefficient (Wildman–Crippen LogP) is 1.62. The van der Waals surface area contributed by atoms with Gasteiger partial charge < -0.3 is 9.42 Å². The van der Waals surface area contributed by atoms with E-state index in [-0.39, 0.29) is 6.10 Å². The van der Waals surface area contributed by atoms with E-state index in [4.69, 9.17) is 9.42 Å². The van der Waals surface area contributed by atoms with E-state index in [1.54, 1.807) is 6.92 Å². The zero-order valence-corrected chi connectivity index (χ0v) is 6.89. The van der Waals surface area contributed by atoms with E-state index in [0.29, 0.717) is 0 Å². The molecule has 3 nitrogen and oxygen atoms in total. The molecule has 0 aromatic rings. The molecule has 2 unspecified atom stereocenters. The molecule has 0 saturated carbocycles. The van der Waals surface area contributed by atoms with Gasteiger partial charge in [0, 0.05) is 6.66 Å². The number of rotatable bonds is 3. The third kappa shape index (κ3) is 6.03. The van der Waals surface area contributed by atoms with Crippen molar-refractivity contribution in [3.63, 3.8) is 0 Å². The standard InChI is InChI=1S/C5H13O3P/c1-4-5(2)8-9(3,6)7/h5H,4H2,1-3H3,(H,6,7). The molecule has 1 N–H and O–H groups in total. The van der Waals surface area contributed by atoms with Gasteiger partial charge in [0.25, 0.3) is 0 Å². The van der Waals surface area contributed by atoms with Gasteiger partial charge in [-0.1, -0.05) is 6.92 Å². The lowest BCUT2D eigenvalue weighted by Gasteiger charge is -2.11. The average Bonchev–Trinajstić information content (AvgIpc) is 1.62. The maximum atomic E-state index is 10.5. The zero-order valence-electron chi connectivity index (χ0n) is 6.00. The van der Waals surface area contributed by atoms with Crippen LogP contribution in [0.25, 0.3) is 0 Å². The highest BCUT2D eigenvalue weighted by molar-refractivity contribution is 7.51. The normalized spacial score (nSPS) is 20.9. The van der Waals surface area contributed by atoms with Crippen molar-refractivity contribution in [1.29, 1.82) is 0 Å². The summed E-state index contributed by atoms with van der Waals surface area (Å²) in [5.74, 6) is 0. The second-order valence-electron chi connectivity index (χ2n) is 2.13. The lowest BCUT2D eigenvalue weighted by molar-refractivity contribution is 0.189. The Morgan fingerprint density at radius 1 is 1.78 bits per heavy atom. The molecule has 0 aliphatic heterocycles. The van der Waals surface area contributed by atoms with Crippen molar-refractivity contribution >= 4 is 7.60 Å². The molecule has 2 atom stereocenters. The Kier molecular flexibility index (Phi) is 3.41. The largest absolute Gasteiger partial charge is 0.325 e. The van der Waals surface area contributed by atoms with Crippen LogP contribution in [0, 0.1) is 0 Å². The molecule has 0 aromatic heterocycles. The summed E-state index contributed by atoms with van der Waals surface area (Å²) in [5.41, 5.74) is 0. The molecule has 0 heterocycles. The van der Waals surface area contributed by atoms with Crippen LogP contribution in [-0.4, -0.2) is 17.7 Å². The summed E-state index contributed by atoms with van der Waals surface area (Å²) in [6, 6.07) is 0. The summed E-state index contributed by atoms with van der Waals surface area (Å²) < 4.78 is 15.2. The molecule has 0 aliphatic carbocycles. The van der Waals surface area contributed by atoms with Crippen molar-refractivity contribution in [2.24, 2.45) is 0 Å². The van der Waals surface area contributed by atoms with Crippen LogP contribution >= 0.6 is 7.60 Å². The van der Waals surface area contributed by atoms with E-state index in [1.807, 2.05) is 6.92 Å². The third-order valence-corrected chi connectivity index (χ3v) is 1.70. The van der Waals surface area contributed by atoms with Gasteiger partial charge in [-0.25, -0.2) is 0 Å². The topological polar surface area (TPSA) is 46.5 Å². The van der Waals surface area contributed by atoms with Crippen molar-refractivity contribution in [3.8, 4) is 0 Å². The summed E-state index contributed by atoms with van der Waals surface area (Å²) >= 11 is 0. The molecular formula is C5H13O3P. The van der Waals surface area contributed by atoms with Crippen molar-refractivity contribution in [3.05, 3.63) is 0 Å². The van der Waals surface area contributed by atoms with E-state index in [0.717, 1.165) is 6.42 Å². The average molecular weight is 152 g/mol. The first-order valence-electron chi connectivity index (χ1n) is 2.94. The number of hydrogen-bond donors (Lipinski definition) is 1. The van der Waals surface area contributed by atoms with Gasteiger partial charge in [0.15, 0.2) is 0 Å². The van der Waals surface area contributed by atoms with Crippen molar-refractivity contribution in [1.82, 2.24) is 0 Å². The fourth-order valence-electron chi connectivity index (χ4n) is 0.408. The van der Waals surface area contributed by atoms with Crippen LogP contribution in [-0.2, 0) is 9.09 Å². The molecule has 0 rings (SSSR count). The quantitative estimate of drug-likeness (QED) is 0.625. The second kappa shape index (κ2) is 3.35. The fraction of sp³-hybridized carbons (Fsp3) is 1.00. The van der Waals surface area contributed by atoms with Gasteiger partial charge in [-0.2, -0.15) is 0 Å². The van der Waals surface area contributed by atoms with Crippen LogP contribution in [0.3, 0.4) is 0 Å². The Bertz CT molecular complexity index is 117. The van der Waals surface area contributed by atoms with Gasteiger partial charge in [-0.05, 0) is 13.3 Å². The molecule has 0 fully saturated rings. The van der Waals surface area contributed by atoms with Crippen LogP contribution in [0.4, 0.5) is 0 Å². The van der Waals surface area contributed by atoms with Crippen LogP contribution in [0.1, 0.15) is 20.3 Å². The lowest BCUT2D eigenvalue weighted by atomic mass is 10.3. The zero-order chi connectivity index (χ0) is 7.49. The fourth-order valence-corrected chi connectivity index (χ4v) is 1.23. The highest BCUT2D eigenvalue weighted by Crippen LogP contribution is 2.38. The van der Waals surface area contributed by atoms with Crippen molar-refractivity contribution in [2.75, 3.05) is 6.66 Å².